The van der Waals surface area contributed by atoms with E-state index in [4.69, 9.17) is 5.26 Å². The average Bonchev–Trinajstić information content (AvgIpc) is 2.98. The molecule has 0 amide bonds. The molecule has 2 aromatic rings. The number of aromatic nitrogens is 3. The zero-order valence-corrected chi connectivity index (χ0v) is 13.9. The number of aryl methyl sites for hydroxylation is 1. The van der Waals surface area contributed by atoms with Crippen LogP contribution in [0.1, 0.15) is 18.7 Å². The Morgan fingerprint density at radius 1 is 1.47 bits per heavy atom. The third-order valence-corrected chi connectivity index (χ3v) is 5.68. The molecule has 4 nitrogen and oxygen atoms in total. The van der Waals surface area contributed by atoms with Crippen LogP contribution in [0.2, 0.25) is 0 Å². The van der Waals surface area contributed by atoms with Gasteiger partial charge in [0.2, 0.25) is 0 Å². The molecule has 0 atom stereocenters. The highest BCUT2D eigenvalue weighted by Crippen LogP contribution is 2.35. The smallest absolute Gasteiger partial charge is 0.192 e. The fourth-order valence-electron chi connectivity index (χ4n) is 1.72. The lowest BCUT2D eigenvalue weighted by atomic mass is 10.3. The summed E-state index contributed by atoms with van der Waals surface area (Å²) in [5.41, 5.74) is 0. The maximum absolute atomic E-state index is 8.65. The van der Waals surface area contributed by atoms with Gasteiger partial charge in [0.15, 0.2) is 11.0 Å². The molecular weight excluding hydrogens is 344 g/mol. The Kier molecular flexibility index (Phi) is 5.02. The summed E-state index contributed by atoms with van der Waals surface area (Å²) in [7, 11) is 0. The monoisotopic (exact) mass is 356 g/mol. The average molecular weight is 357 g/mol. The van der Waals surface area contributed by atoms with Gasteiger partial charge in [-0.25, -0.2) is 0 Å². The first-order valence-electron chi connectivity index (χ1n) is 5.92. The number of nitrogens with zero attached hydrogens (tertiary/aromatic N) is 4. The van der Waals surface area contributed by atoms with Gasteiger partial charge in [-0.1, -0.05) is 18.7 Å². The number of nitriles is 1. The quantitative estimate of drug-likeness (QED) is 0.760. The number of hydrogen-bond donors (Lipinski definition) is 0. The Hall–Kier alpha value is -0.840. The SMILES string of the molecule is CCc1sc(-c2nnc(SCC#N)n2CC)cc1Br. The Morgan fingerprint density at radius 3 is 2.84 bits per heavy atom. The molecule has 0 aromatic carbocycles. The maximum Gasteiger partial charge on any atom is 0.192 e. The van der Waals surface area contributed by atoms with E-state index in [1.165, 1.54) is 16.6 Å². The van der Waals surface area contributed by atoms with Gasteiger partial charge in [-0.2, -0.15) is 5.26 Å². The van der Waals surface area contributed by atoms with Crippen molar-refractivity contribution in [2.45, 2.75) is 32.0 Å². The lowest BCUT2D eigenvalue weighted by Gasteiger charge is -2.04. The van der Waals surface area contributed by atoms with Crippen molar-refractivity contribution in [2.75, 3.05) is 5.75 Å². The van der Waals surface area contributed by atoms with Crippen molar-refractivity contribution < 1.29 is 0 Å². The minimum atomic E-state index is 0.395. The predicted octanol–water partition coefficient (Wildman–Crippen LogP) is 3.97. The van der Waals surface area contributed by atoms with Crippen molar-refractivity contribution in [3.63, 3.8) is 0 Å². The summed E-state index contributed by atoms with van der Waals surface area (Å²) in [6, 6.07) is 4.21. The van der Waals surface area contributed by atoms with E-state index in [9.17, 15) is 0 Å². The van der Waals surface area contributed by atoms with Gasteiger partial charge < -0.3 is 4.57 Å². The Balaban J connectivity index is 2.38. The largest absolute Gasteiger partial charge is 0.302 e. The van der Waals surface area contributed by atoms with E-state index < -0.39 is 0 Å². The van der Waals surface area contributed by atoms with Crippen molar-refractivity contribution in [2.24, 2.45) is 0 Å². The molecule has 0 aliphatic carbocycles. The molecular formula is C12H13BrN4S2. The minimum absolute atomic E-state index is 0.395. The molecule has 7 heteroatoms. The van der Waals surface area contributed by atoms with Gasteiger partial charge in [0.1, 0.15) is 0 Å². The molecule has 0 saturated heterocycles. The van der Waals surface area contributed by atoms with Gasteiger partial charge in [-0.15, -0.1) is 21.5 Å². The van der Waals surface area contributed by atoms with Crippen molar-refractivity contribution in [1.82, 2.24) is 14.8 Å². The van der Waals surface area contributed by atoms with E-state index in [0.717, 1.165) is 33.3 Å². The second kappa shape index (κ2) is 6.55. The number of halogens is 1. The minimum Gasteiger partial charge on any atom is -0.302 e. The first-order valence-corrected chi connectivity index (χ1v) is 8.52. The number of thiophene rings is 1. The lowest BCUT2D eigenvalue weighted by molar-refractivity contribution is 0.688. The van der Waals surface area contributed by atoms with Gasteiger partial charge in [0, 0.05) is 15.9 Å². The normalized spacial score (nSPS) is 10.6. The highest BCUT2D eigenvalue weighted by atomic mass is 79.9. The summed E-state index contributed by atoms with van der Waals surface area (Å²) in [5, 5.41) is 17.9. The molecule has 19 heavy (non-hydrogen) atoms. The molecule has 0 unspecified atom stereocenters. The van der Waals surface area contributed by atoms with Crippen LogP contribution in [0.5, 0.6) is 0 Å². The summed E-state index contributed by atoms with van der Waals surface area (Å²) in [5.74, 6) is 1.28. The second-order valence-electron chi connectivity index (χ2n) is 3.73. The van der Waals surface area contributed by atoms with Crippen LogP contribution in [-0.2, 0) is 13.0 Å². The zero-order valence-electron chi connectivity index (χ0n) is 10.7. The molecule has 100 valence electrons. The molecule has 2 rings (SSSR count). The summed E-state index contributed by atoms with van der Waals surface area (Å²) >= 11 is 6.73. The highest BCUT2D eigenvalue weighted by Gasteiger charge is 2.16. The summed E-state index contributed by atoms with van der Waals surface area (Å²) in [6.45, 7) is 5.00. The maximum atomic E-state index is 8.65. The highest BCUT2D eigenvalue weighted by molar-refractivity contribution is 9.10. The lowest BCUT2D eigenvalue weighted by Crippen LogP contribution is -1.98. The van der Waals surface area contributed by atoms with Crippen LogP contribution >= 0.6 is 39.0 Å². The van der Waals surface area contributed by atoms with E-state index in [2.05, 4.69) is 56.7 Å². The fraction of sp³-hybridized carbons (Fsp3) is 0.417. The molecule has 0 N–H and O–H groups in total. The zero-order chi connectivity index (χ0) is 13.8. The topological polar surface area (TPSA) is 54.5 Å². The number of hydrogen-bond acceptors (Lipinski definition) is 5. The number of rotatable bonds is 5. The van der Waals surface area contributed by atoms with Crippen LogP contribution in [0.4, 0.5) is 0 Å². The van der Waals surface area contributed by atoms with Gasteiger partial charge in [-0.05, 0) is 35.3 Å². The van der Waals surface area contributed by atoms with E-state index in [1.807, 2.05) is 0 Å². The third-order valence-electron chi connectivity index (χ3n) is 2.60. The first kappa shape index (κ1) is 14.6. The summed E-state index contributed by atoms with van der Waals surface area (Å²) in [6.07, 6.45) is 1.00. The van der Waals surface area contributed by atoms with E-state index in [-0.39, 0.29) is 0 Å². The van der Waals surface area contributed by atoms with Crippen LogP contribution in [-0.4, -0.2) is 20.5 Å². The van der Waals surface area contributed by atoms with E-state index in [0.29, 0.717) is 5.75 Å². The van der Waals surface area contributed by atoms with E-state index >= 15 is 0 Å². The molecule has 2 aromatic heterocycles. The molecule has 0 fully saturated rings. The predicted molar refractivity (Wildman–Crippen MR) is 82.4 cm³/mol. The van der Waals surface area contributed by atoms with Crippen LogP contribution < -0.4 is 0 Å². The van der Waals surface area contributed by atoms with Crippen LogP contribution in [0.3, 0.4) is 0 Å². The molecule has 0 aliphatic heterocycles. The first-order chi connectivity index (χ1) is 9.21. The van der Waals surface area contributed by atoms with Crippen LogP contribution in [0.15, 0.2) is 15.7 Å². The third kappa shape index (κ3) is 3.02. The van der Waals surface area contributed by atoms with Crippen LogP contribution in [0, 0.1) is 11.3 Å². The Morgan fingerprint density at radius 2 is 2.26 bits per heavy atom. The molecule has 0 spiro atoms. The Labute approximate surface area is 129 Å². The van der Waals surface area contributed by atoms with Crippen LogP contribution in [0.25, 0.3) is 10.7 Å². The molecule has 2 heterocycles. The molecule has 0 saturated carbocycles. The van der Waals surface area contributed by atoms with Gasteiger partial charge >= 0.3 is 0 Å². The summed E-state index contributed by atoms with van der Waals surface area (Å²) in [4.78, 5) is 2.42. The summed E-state index contributed by atoms with van der Waals surface area (Å²) < 4.78 is 3.19. The van der Waals surface area contributed by atoms with Crippen molar-refractivity contribution in [3.8, 4) is 16.8 Å². The van der Waals surface area contributed by atoms with Crippen molar-refractivity contribution in [1.29, 1.82) is 5.26 Å². The van der Waals surface area contributed by atoms with Gasteiger partial charge in [-0.3, -0.25) is 0 Å². The van der Waals surface area contributed by atoms with E-state index in [1.54, 1.807) is 11.3 Å². The molecule has 0 aliphatic rings. The van der Waals surface area contributed by atoms with Gasteiger partial charge in [0.05, 0.1) is 16.7 Å². The van der Waals surface area contributed by atoms with Crippen molar-refractivity contribution >= 4 is 39.0 Å². The second-order valence-corrected chi connectivity index (χ2v) is 6.67. The molecule has 0 bridgehead atoms. The standard InChI is InChI=1S/C12H13BrN4S2/c1-3-9-8(13)7-10(19-9)11-15-16-12(17(11)4-2)18-6-5-14/h7H,3-4,6H2,1-2H3. The number of thioether (sulfide) groups is 1. The fourth-order valence-corrected chi connectivity index (χ4v) is 4.27. The Bertz CT molecular complexity index is 612. The van der Waals surface area contributed by atoms with Crippen molar-refractivity contribution in [3.05, 3.63) is 15.4 Å². The van der Waals surface area contributed by atoms with Gasteiger partial charge in [0.25, 0.3) is 0 Å². The molecule has 0 radical (unpaired) electrons.